The van der Waals surface area contributed by atoms with Gasteiger partial charge in [-0.2, -0.15) is 0 Å². The summed E-state index contributed by atoms with van der Waals surface area (Å²) in [6, 6.07) is 7.01. The SMILES string of the molecule is CCC(N1C(=O)c2ccccc2C1=O)[NH+](C)C.[Br-]. The normalized spacial score (nSPS) is 15.7. The molecule has 0 aromatic heterocycles. The summed E-state index contributed by atoms with van der Waals surface area (Å²) in [5, 5.41) is 0. The minimum atomic E-state index is -0.168. The van der Waals surface area contributed by atoms with Crippen molar-refractivity contribution in [1.82, 2.24) is 4.90 Å². The third-order valence-corrected chi connectivity index (χ3v) is 3.19. The van der Waals surface area contributed by atoms with Crippen molar-refractivity contribution in [2.24, 2.45) is 0 Å². The van der Waals surface area contributed by atoms with Gasteiger partial charge >= 0.3 is 0 Å². The van der Waals surface area contributed by atoms with Gasteiger partial charge in [-0.1, -0.05) is 19.1 Å². The molecule has 0 fully saturated rings. The number of halogens is 1. The Hall–Kier alpha value is -1.20. The van der Waals surface area contributed by atoms with Gasteiger partial charge in [0, 0.05) is 6.42 Å². The Kier molecular flexibility index (Phi) is 4.65. The molecule has 0 bridgehead atoms. The van der Waals surface area contributed by atoms with Crippen LogP contribution in [0, 0.1) is 0 Å². The quantitative estimate of drug-likeness (QED) is 0.611. The number of amides is 2. The van der Waals surface area contributed by atoms with Crippen LogP contribution in [0.1, 0.15) is 34.1 Å². The van der Waals surface area contributed by atoms with E-state index in [4.69, 9.17) is 0 Å². The van der Waals surface area contributed by atoms with E-state index in [1.807, 2.05) is 21.0 Å². The van der Waals surface area contributed by atoms with E-state index in [-0.39, 0.29) is 35.0 Å². The Bertz CT molecular complexity index is 439. The largest absolute Gasteiger partial charge is 1.00 e. The topological polar surface area (TPSA) is 41.8 Å². The Labute approximate surface area is 117 Å². The third kappa shape index (κ3) is 2.20. The maximum Gasteiger partial charge on any atom is 0.266 e. The molecule has 4 nitrogen and oxygen atoms in total. The van der Waals surface area contributed by atoms with Crippen molar-refractivity contribution < 1.29 is 31.5 Å². The van der Waals surface area contributed by atoms with Crippen LogP contribution < -0.4 is 21.9 Å². The van der Waals surface area contributed by atoms with Gasteiger partial charge in [-0.25, -0.2) is 4.90 Å². The first kappa shape index (κ1) is 14.9. The molecule has 1 heterocycles. The Morgan fingerprint density at radius 3 is 1.89 bits per heavy atom. The highest BCUT2D eigenvalue weighted by Crippen LogP contribution is 2.23. The maximum absolute atomic E-state index is 12.2. The number of quaternary nitrogens is 1. The van der Waals surface area contributed by atoms with Crippen molar-refractivity contribution >= 4 is 11.8 Å². The van der Waals surface area contributed by atoms with Gasteiger partial charge < -0.3 is 21.9 Å². The molecule has 2 amide bonds. The molecule has 0 saturated carbocycles. The van der Waals surface area contributed by atoms with Crippen LogP contribution >= 0.6 is 0 Å². The van der Waals surface area contributed by atoms with E-state index in [9.17, 15) is 9.59 Å². The average molecular weight is 313 g/mol. The van der Waals surface area contributed by atoms with Crippen LogP contribution in [0.5, 0.6) is 0 Å². The van der Waals surface area contributed by atoms with Crippen molar-refractivity contribution in [3.8, 4) is 0 Å². The zero-order valence-corrected chi connectivity index (χ0v) is 12.3. The van der Waals surface area contributed by atoms with Gasteiger partial charge in [0.2, 0.25) is 0 Å². The lowest BCUT2D eigenvalue weighted by Gasteiger charge is -2.27. The van der Waals surface area contributed by atoms with E-state index in [0.717, 1.165) is 11.3 Å². The molecule has 1 aliphatic rings. The Morgan fingerprint density at radius 2 is 1.56 bits per heavy atom. The number of rotatable bonds is 3. The molecular formula is C13H17BrN2O2. The standard InChI is InChI=1S/C13H16N2O2.BrH/c1-4-11(14(2)3)15-12(16)9-7-5-6-8-10(9)13(15)17;/h5-8,11H,4H2,1-3H3;1H. The number of hydrogen-bond donors (Lipinski definition) is 1. The second-order valence-electron chi connectivity index (χ2n) is 4.53. The minimum absolute atomic E-state index is 0. The lowest BCUT2D eigenvalue weighted by molar-refractivity contribution is -0.895. The van der Waals surface area contributed by atoms with Crippen LogP contribution in [0.3, 0.4) is 0 Å². The number of fused-ring (bicyclic) bond motifs is 1. The molecule has 1 atom stereocenters. The number of carbonyl (C=O) groups is 2. The van der Waals surface area contributed by atoms with Gasteiger partial charge in [-0.05, 0) is 12.1 Å². The van der Waals surface area contributed by atoms with Crippen LogP contribution in [-0.2, 0) is 0 Å². The smallest absolute Gasteiger partial charge is 0.266 e. The average Bonchev–Trinajstić information content (AvgIpc) is 2.56. The fraction of sp³-hybridized carbons (Fsp3) is 0.385. The summed E-state index contributed by atoms with van der Waals surface area (Å²) in [5.41, 5.74) is 1.05. The lowest BCUT2D eigenvalue weighted by atomic mass is 10.1. The molecule has 5 heteroatoms. The van der Waals surface area contributed by atoms with Crippen LogP contribution in [-0.4, -0.2) is 37.0 Å². The van der Waals surface area contributed by atoms with Crippen molar-refractivity contribution in [1.29, 1.82) is 0 Å². The van der Waals surface area contributed by atoms with Gasteiger partial charge in [0.15, 0.2) is 6.17 Å². The molecule has 0 radical (unpaired) electrons. The van der Waals surface area contributed by atoms with E-state index in [1.165, 1.54) is 4.90 Å². The summed E-state index contributed by atoms with van der Waals surface area (Å²) in [4.78, 5) is 26.9. The highest BCUT2D eigenvalue weighted by molar-refractivity contribution is 6.21. The monoisotopic (exact) mass is 312 g/mol. The number of hydrogen-bond acceptors (Lipinski definition) is 2. The zero-order chi connectivity index (χ0) is 12.6. The third-order valence-electron chi connectivity index (χ3n) is 3.19. The zero-order valence-electron chi connectivity index (χ0n) is 10.7. The molecule has 1 aromatic carbocycles. The van der Waals surface area contributed by atoms with E-state index < -0.39 is 0 Å². The first-order valence-corrected chi connectivity index (χ1v) is 5.85. The van der Waals surface area contributed by atoms with E-state index in [2.05, 4.69) is 0 Å². The second kappa shape index (κ2) is 5.63. The highest BCUT2D eigenvalue weighted by atomic mass is 79.9. The number of nitrogens with zero attached hydrogens (tertiary/aromatic N) is 1. The molecule has 0 spiro atoms. The number of benzene rings is 1. The summed E-state index contributed by atoms with van der Waals surface area (Å²) in [5.74, 6) is -0.336. The summed E-state index contributed by atoms with van der Waals surface area (Å²) < 4.78 is 0. The molecular weight excluding hydrogens is 296 g/mol. The summed E-state index contributed by atoms with van der Waals surface area (Å²) >= 11 is 0. The molecule has 1 aliphatic heterocycles. The van der Waals surface area contributed by atoms with Gasteiger partial charge in [-0.15, -0.1) is 0 Å². The van der Waals surface area contributed by atoms with Crippen LogP contribution in [0.4, 0.5) is 0 Å². The molecule has 1 unspecified atom stereocenters. The van der Waals surface area contributed by atoms with E-state index in [1.54, 1.807) is 24.3 Å². The van der Waals surface area contributed by atoms with Gasteiger partial charge in [-0.3, -0.25) is 9.59 Å². The molecule has 2 rings (SSSR count). The predicted octanol–water partition coefficient (Wildman–Crippen LogP) is -2.83. The van der Waals surface area contributed by atoms with E-state index >= 15 is 0 Å². The molecule has 98 valence electrons. The summed E-state index contributed by atoms with van der Waals surface area (Å²) in [6.07, 6.45) is 0.663. The molecule has 1 aromatic rings. The molecule has 0 saturated heterocycles. The fourth-order valence-corrected chi connectivity index (χ4v) is 2.34. The second-order valence-corrected chi connectivity index (χ2v) is 4.53. The summed E-state index contributed by atoms with van der Waals surface area (Å²) in [6.45, 7) is 1.99. The lowest BCUT2D eigenvalue weighted by Crippen LogP contribution is -3.12. The Morgan fingerprint density at radius 1 is 1.11 bits per heavy atom. The summed E-state index contributed by atoms with van der Waals surface area (Å²) in [7, 11) is 3.91. The first-order valence-electron chi connectivity index (χ1n) is 5.85. The van der Waals surface area contributed by atoms with Crippen molar-refractivity contribution in [3.63, 3.8) is 0 Å². The number of nitrogens with one attached hydrogen (secondary N) is 1. The first-order chi connectivity index (χ1) is 8.07. The van der Waals surface area contributed by atoms with Gasteiger partial charge in [0.1, 0.15) is 0 Å². The maximum atomic E-state index is 12.2. The van der Waals surface area contributed by atoms with Gasteiger partial charge in [0.25, 0.3) is 11.8 Å². The van der Waals surface area contributed by atoms with Crippen LogP contribution in [0.25, 0.3) is 0 Å². The van der Waals surface area contributed by atoms with Crippen molar-refractivity contribution in [3.05, 3.63) is 35.4 Å². The minimum Gasteiger partial charge on any atom is -1.00 e. The van der Waals surface area contributed by atoms with E-state index in [0.29, 0.717) is 11.1 Å². The molecule has 0 aliphatic carbocycles. The van der Waals surface area contributed by atoms with Gasteiger partial charge in [0.05, 0.1) is 25.2 Å². The van der Waals surface area contributed by atoms with Crippen LogP contribution in [0.2, 0.25) is 0 Å². The number of carbonyl (C=O) groups excluding carboxylic acids is 2. The number of imide groups is 1. The van der Waals surface area contributed by atoms with Crippen molar-refractivity contribution in [2.75, 3.05) is 14.1 Å². The molecule has 1 N–H and O–H groups in total. The fourth-order valence-electron chi connectivity index (χ4n) is 2.34. The predicted molar refractivity (Wildman–Crippen MR) is 63.8 cm³/mol. The Balaban J connectivity index is 0.00000162. The van der Waals surface area contributed by atoms with Crippen molar-refractivity contribution in [2.45, 2.75) is 19.5 Å². The molecule has 18 heavy (non-hydrogen) atoms. The van der Waals surface area contributed by atoms with Crippen LogP contribution in [0.15, 0.2) is 24.3 Å². The highest BCUT2D eigenvalue weighted by Gasteiger charge is 2.41.